The Balaban J connectivity index is 2.47. The second-order valence-corrected chi connectivity index (χ2v) is 4.52. The second kappa shape index (κ2) is 6.51. The van der Waals surface area contributed by atoms with E-state index in [0.29, 0.717) is 12.2 Å². The van der Waals surface area contributed by atoms with Gasteiger partial charge in [0.1, 0.15) is 5.75 Å². The number of ether oxygens (including phenoxy) is 1. The predicted octanol–water partition coefficient (Wildman–Crippen LogP) is 3.02. The van der Waals surface area contributed by atoms with Crippen molar-refractivity contribution in [3.8, 4) is 5.75 Å². The summed E-state index contributed by atoms with van der Waals surface area (Å²) in [6, 6.07) is 7.32. The molecule has 0 saturated carbocycles. The lowest BCUT2D eigenvalue weighted by molar-refractivity contribution is 0.101. The van der Waals surface area contributed by atoms with Crippen LogP contribution in [0.5, 0.6) is 5.75 Å². The van der Waals surface area contributed by atoms with Gasteiger partial charge < -0.3 is 4.74 Å². The maximum atomic E-state index is 11.1. The zero-order valence-corrected chi connectivity index (χ0v) is 9.97. The average Bonchev–Trinajstić information content (AvgIpc) is 2.25. The summed E-state index contributed by atoms with van der Waals surface area (Å²) in [5.74, 6) is 2.94. The first-order chi connectivity index (χ1) is 7.24. The van der Waals surface area contributed by atoms with Gasteiger partial charge in [0.25, 0.3) is 0 Å². The molecule has 1 aromatic carbocycles. The number of benzene rings is 1. The van der Waals surface area contributed by atoms with Crippen molar-refractivity contribution in [3.05, 3.63) is 29.8 Å². The molecule has 82 valence electrons. The first-order valence-corrected chi connectivity index (χ1v) is 6.21. The number of Topliss-reactive ketones (excluding diaryl/α,β-unsaturated/α-hetero) is 1. The topological polar surface area (TPSA) is 26.3 Å². The molecular weight excluding hydrogens is 208 g/mol. The minimum absolute atomic E-state index is 0.0726. The SMILES string of the molecule is CCSCCOc1cccc(C(C)=O)c1. The molecule has 0 N–H and O–H groups in total. The average molecular weight is 224 g/mol. The van der Waals surface area contributed by atoms with Crippen LogP contribution in [0, 0.1) is 0 Å². The molecule has 0 aliphatic heterocycles. The Morgan fingerprint density at radius 1 is 1.47 bits per heavy atom. The first-order valence-electron chi connectivity index (χ1n) is 5.05. The molecule has 0 heterocycles. The summed E-state index contributed by atoms with van der Waals surface area (Å²) in [6.07, 6.45) is 0. The van der Waals surface area contributed by atoms with Crippen molar-refractivity contribution >= 4 is 17.5 Å². The maximum Gasteiger partial charge on any atom is 0.159 e. The first kappa shape index (κ1) is 12.1. The molecule has 0 amide bonds. The van der Waals surface area contributed by atoms with Gasteiger partial charge in [0.05, 0.1) is 6.61 Å². The van der Waals surface area contributed by atoms with E-state index in [0.717, 1.165) is 17.3 Å². The van der Waals surface area contributed by atoms with Gasteiger partial charge in [-0.2, -0.15) is 11.8 Å². The van der Waals surface area contributed by atoms with Crippen LogP contribution in [0.15, 0.2) is 24.3 Å². The van der Waals surface area contributed by atoms with Gasteiger partial charge in [0, 0.05) is 11.3 Å². The number of carbonyl (C=O) groups excluding carboxylic acids is 1. The minimum atomic E-state index is 0.0726. The molecule has 0 aliphatic rings. The standard InChI is InChI=1S/C12H16O2S/c1-3-15-8-7-14-12-6-4-5-11(9-12)10(2)13/h4-6,9H,3,7-8H2,1-2H3. The molecular formula is C12H16O2S. The number of carbonyl (C=O) groups is 1. The van der Waals surface area contributed by atoms with Crippen LogP contribution in [0.4, 0.5) is 0 Å². The second-order valence-electron chi connectivity index (χ2n) is 3.13. The molecule has 0 bridgehead atoms. The zero-order valence-electron chi connectivity index (χ0n) is 9.16. The zero-order chi connectivity index (χ0) is 11.1. The van der Waals surface area contributed by atoms with Gasteiger partial charge in [-0.25, -0.2) is 0 Å². The highest BCUT2D eigenvalue weighted by molar-refractivity contribution is 7.99. The molecule has 0 radical (unpaired) electrons. The molecule has 0 atom stereocenters. The van der Waals surface area contributed by atoms with Crippen LogP contribution in [-0.4, -0.2) is 23.9 Å². The summed E-state index contributed by atoms with van der Waals surface area (Å²) in [5, 5.41) is 0. The number of rotatable bonds is 6. The number of hydrogen-bond acceptors (Lipinski definition) is 3. The molecule has 1 rings (SSSR count). The van der Waals surface area contributed by atoms with Gasteiger partial charge >= 0.3 is 0 Å². The molecule has 0 aliphatic carbocycles. The smallest absolute Gasteiger partial charge is 0.159 e. The summed E-state index contributed by atoms with van der Waals surface area (Å²) in [5.41, 5.74) is 0.704. The van der Waals surface area contributed by atoms with Gasteiger partial charge in [-0.05, 0) is 24.8 Å². The van der Waals surface area contributed by atoms with Gasteiger partial charge in [0.15, 0.2) is 5.78 Å². The van der Waals surface area contributed by atoms with Crippen molar-refractivity contribution in [3.63, 3.8) is 0 Å². The van der Waals surface area contributed by atoms with Gasteiger partial charge in [0.2, 0.25) is 0 Å². The highest BCUT2D eigenvalue weighted by Crippen LogP contribution is 2.14. The summed E-state index contributed by atoms with van der Waals surface area (Å²) >= 11 is 1.85. The van der Waals surface area contributed by atoms with E-state index >= 15 is 0 Å². The lowest BCUT2D eigenvalue weighted by atomic mass is 10.1. The highest BCUT2D eigenvalue weighted by Gasteiger charge is 2.00. The van der Waals surface area contributed by atoms with Crippen LogP contribution >= 0.6 is 11.8 Å². The molecule has 3 heteroatoms. The van der Waals surface area contributed by atoms with Crippen LogP contribution in [0.1, 0.15) is 24.2 Å². The van der Waals surface area contributed by atoms with Crippen molar-refractivity contribution in [2.24, 2.45) is 0 Å². The minimum Gasteiger partial charge on any atom is -0.493 e. The fourth-order valence-corrected chi connectivity index (χ4v) is 1.66. The summed E-state index contributed by atoms with van der Waals surface area (Å²) < 4.78 is 5.53. The van der Waals surface area contributed by atoms with E-state index in [-0.39, 0.29) is 5.78 Å². The summed E-state index contributed by atoms with van der Waals surface area (Å²) in [6.45, 7) is 4.38. The van der Waals surface area contributed by atoms with Crippen LogP contribution in [-0.2, 0) is 0 Å². The largest absolute Gasteiger partial charge is 0.493 e. The van der Waals surface area contributed by atoms with E-state index in [4.69, 9.17) is 4.74 Å². The van der Waals surface area contributed by atoms with E-state index in [1.807, 2.05) is 23.9 Å². The van der Waals surface area contributed by atoms with Crippen LogP contribution in [0.25, 0.3) is 0 Å². The Bertz CT molecular complexity index is 323. The molecule has 0 saturated heterocycles. The summed E-state index contributed by atoms with van der Waals surface area (Å²) in [7, 11) is 0. The number of hydrogen-bond donors (Lipinski definition) is 0. The molecule has 2 nitrogen and oxygen atoms in total. The Hall–Kier alpha value is -0.960. The van der Waals surface area contributed by atoms with Crippen LogP contribution in [0.3, 0.4) is 0 Å². The van der Waals surface area contributed by atoms with Crippen molar-refractivity contribution in [2.75, 3.05) is 18.1 Å². The number of thioether (sulfide) groups is 1. The fraction of sp³-hybridized carbons (Fsp3) is 0.417. The normalized spacial score (nSPS) is 10.0. The van der Waals surface area contributed by atoms with E-state index in [2.05, 4.69) is 6.92 Å². The molecule has 15 heavy (non-hydrogen) atoms. The van der Waals surface area contributed by atoms with Gasteiger partial charge in [-0.15, -0.1) is 0 Å². The Morgan fingerprint density at radius 3 is 2.93 bits per heavy atom. The van der Waals surface area contributed by atoms with E-state index in [9.17, 15) is 4.79 Å². The summed E-state index contributed by atoms with van der Waals surface area (Å²) in [4.78, 5) is 11.1. The highest BCUT2D eigenvalue weighted by atomic mass is 32.2. The number of ketones is 1. The molecule has 0 unspecified atom stereocenters. The van der Waals surface area contributed by atoms with Gasteiger partial charge in [-0.3, -0.25) is 4.79 Å². The van der Waals surface area contributed by atoms with Crippen molar-refractivity contribution < 1.29 is 9.53 Å². The van der Waals surface area contributed by atoms with Crippen LogP contribution < -0.4 is 4.74 Å². The van der Waals surface area contributed by atoms with E-state index in [1.165, 1.54) is 0 Å². The van der Waals surface area contributed by atoms with Crippen molar-refractivity contribution in [1.82, 2.24) is 0 Å². The van der Waals surface area contributed by atoms with Crippen molar-refractivity contribution in [1.29, 1.82) is 0 Å². The third-order valence-electron chi connectivity index (χ3n) is 1.94. The molecule has 0 aromatic heterocycles. The predicted molar refractivity (Wildman–Crippen MR) is 64.9 cm³/mol. The lowest BCUT2D eigenvalue weighted by Gasteiger charge is -2.06. The Labute approximate surface area is 95.0 Å². The Morgan fingerprint density at radius 2 is 2.27 bits per heavy atom. The quantitative estimate of drug-likeness (QED) is 0.549. The third kappa shape index (κ3) is 4.38. The van der Waals surface area contributed by atoms with Gasteiger partial charge in [-0.1, -0.05) is 19.1 Å². The molecule has 0 fully saturated rings. The maximum absolute atomic E-state index is 11.1. The molecule has 1 aromatic rings. The monoisotopic (exact) mass is 224 g/mol. The lowest BCUT2D eigenvalue weighted by Crippen LogP contribution is -2.01. The third-order valence-corrected chi connectivity index (χ3v) is 2.80. The Kier molecular flexibility index (Phi) is 5.26. The molecule has 0 spiro atoms. The fourth-order valence-electron chi connectivity index (χ4n) is 1.17. The van der Waals surface area contributed by atoms with Crippen molar-refractivity contribution in [2.45, 2.75) is 13.8 Å². The van der Waals surface area contributed by atoms with Crippen LogP contribution in [0.2, 0.25) is 0 Å². The van der Waals surface area contributed by atoms with E-state index in [1.54, 1.807) is 19.1 Å². The van der Waals surface area contributed by atoms with E-state index < -0.39 is 0 Å².